The van der Waals surface area contributed by atoms with Crippen molar-refractivity contribution < 1.29 is 38.1 Å². The van der Waals surface area contributed by atoms with Crippen LogP contribution in [0, 0.1) is 11.8 Å². The van der Waals surface area contributed by atoms with Crippen LogP contribution in [-0.2, 0) is 28.5 Å². The Morgan fingerprint density at radius 1 is 1.00 bits per heavy atom. The van der Waals surface area contributed by atoms with Gasteiger partial charge in [-0.1, -0.05) is 12.2 Å². The quantitative estimate of drug-likeness (QED) is 0.377. The first-order valence-corrected chi connectivity index (χ1v) is 8.42. The van der Waals surface area contributed by atoms with E-state index < -0.39 is 48.2 Å². The number of carbonyl (C=O) groups excluding carboxylic acids is 4. The predicted molar refractivity (Wildman–Crippen MR) is 83.8 cm³/mol. The molecule has 2 saturated heterocycles. The van der Waals surface area contributed by atoms with Crippen molar-refractivity contribution in [3.05, 3.63) is 12.2 Å². The number of rotatable bonds is 6. The van der Waals surface area contributed by atoms with E-state index in [0.29, 0.717) is 12.8 Å². The van der Waals surface area contributed by atoms with Crippen LogP contribution in [0.4, 0.5) is 9.59 Å². The molecule has 10 nitrogen and oxygen atoms in total. The van der Waals surface area contributed by atoms with Crippen molar-refractivity contribution in [2.75, 3.05) is 26.3 Å². The molecule has 3 aliphatic rings. The van der Waals surface area contributed by atoms with Crippen LogP contribution in [0.3, 0.4) is 0 Å². The highest BCUT2D eigenvalue weighted by Crippen LogP contribution is 2.27. The monoisotopic (exact) mass is 368 g/mol. The van der Waals surface area contributed by atoms with Crippen molar-refractivity contribution in [2.24, 2.45) is 11.8 Å². The lowest BCUT2D eigenvalue weighted by atomic mass is 9.84. The zero-order valence-corrected chi connectivity index (χ0v) is 14.0. The summed E-state index contributed by atoms with van der Waals surface area (Å²) in [6.07, 6.45) is 2.39. The molecule has 0 aromatic rings. The maximum Gasteiger partial charge on any atom is 0.407 e. The highest BCUT2D eigenvalue weighted by Gasteiger charge is 2.37. The third kappa shape index (κ3) is 4.44. The van der Waals surface area contributed by atoms with E-state index in [4.69, 9.17) is 18.9 Å². The van der Waals surface area contributed by atoms with E-state index >= 15 is 0 Å². The molecule has 4 atom stereocenters. The van der Waals surface area contributed by atoms with Gasteiger partial charge in [0.05, 0.1) is 24.9 Å². The van der Waals surface area contributed by atoms with E-state index in [1.54, 1.807) is 6.08 Å². The predicted octanol–water partition coefficient (Wildman–Crippen LogP) is -0.128. The van der Waals surface area contributed by atoms with Gasteiger partial charge in [0.25, 0.3) is 0 Å². The minimum atomic E-state index is -0.759. The van der Waals surface area contributed by atoms with Gasteiger partial charge in [-0.3, -0.25) is 9.59 Å². The fraction of sp³-hybridized carbons (Fsp3) is 0.625. The number of ether oxygens (including phenoxy) is 4. The highest BCUT2D eigenvalue weighted by atomic mass is 16.6. The SMILES string of the molecule is O=C1NCC(COC(=O)C2C=CCCC2C(=O)OCC2CNC(=O)O2)O1. The second-order valence-corrected chi connectivity index (χ2v) is 6.21. The Kier molecular flexibility index (Phi) is 5.59. The van der Waals surface area contributed by atoms with Crippen LogP contribution >= 0.6 is 0 Å². The number of carbonyl (C=O) groups is 4. The maximum atomic E-state index is 12.4. The first-order valence-electron chi connectivity index (χ1n) is 8.42. The number of hydrogen-bond acceptors (Lipinski definition) is 8. The van der Waals surface area contributed by atoms with Gasteiger partial charge in [0.1, 0.15) is 13.2 Å². The molecule has 0 radical (unpaired) electrons. The van der Waals surface area contributed by atoms with Crippen molar-refractivity contribution in [1.29, 1.82) is 0 Å². The topological polar surface area (TPSA) is 129 Å². The lowest BCUT2D eigenvalue weighted by Crippen LogP contribution is -2.35. The molecule has 3 rings (SSSR count). The molecule has 2 aliphatic heterocycles. The van der Waals surface area contributed by atoms with Gasteiger partial charge in [0, 0.05) is 0 Å². The molecular weight excluding hydrogens is 348 g/mol. The van der Waals surface area contributed by atoms with Gasteiger partial charge in [-0.15, -0.1) is 0 Å². The van der Waals surface area contributed by atoms with Crippen LogP contribution in [0.1, 0.15) is 12.8 Å². The summed E-state index contributed by atoms with van der Waals surface area (Å²) in [4.78, 5) is 46.6. The van der Waals surface area contributed by atoms with Gasteiger partial charge in [0.2, 0.25) is 0 Å². The van der Waals surface area contributed by atoms with E-state index in [0.717, 1.165) is 0 Å². The molecule has 10 heteroatoms. The summed E-state index contributed by atoms with van der Waals surface area (Å²) in [5, 5.41) is 4.93. The molecule has 2 heterocycles. The van der Waals surface area contributed by atoms with Crippen molar-refractivity contribution >= 4 is 24.1 Å². The molecule has 1 aliphatic carbocycles. The largest absolute Gasteiger partial charge is 0.461 e. The number of nitrogens with one attached hydrogen (secondary N) is 2. The molecule has 0 aromatic carbocycles. The van der Waals surface area contributed by atoms with Crippen LogP contribution in [0.25, 0.3) is 0 Å². The van der Waals surface area contributed by atoms with Crippen LogP contribution in [-0.4, -0.2) is 62.6 Å². The van der Waals surface area contributed by atoms with E-state index in [9.17, 15) is 19.2 Å². The summed E-state index contributed by atoms with van der Waals surface area (Å²) in [6.45, 7) is 0.402. The van der Waals surface area contributed by atoms with E-state index in [1.165, 1.54) is 0 Å². The number of cyclic esters (lactones) is 2. The Hall–Kier alpha value is -2.78. The molecule has 0 aromatic heterocycles. The average molecular weight is 368 g/mol. The Labute approximate surface area is 149 Å². The first-order chi connectivity index (χ1) is 12.5. The van der Waals surface area contributed by atoms with E-state index in [1.807, 2.05) is 6.08 Å². The molecule has 26 heavy (non-hydrogen) atoms. The van der Waals surface area contributed by atoms with Crippen LogP contribution < -0.4 is 10.6 Å². The summed E-state index contributed by atoms with van der Waals surface area (Å²) in [6, 6.07) is 0. The van der Waals surface area contributed by atoms with Gasteiger partial charge in [0.15, 0.2) is 12.2 Å². The van der Waals surface area contributed by atoms with Crippen molar-refractivity contribution in [1.82, 2.24) is 10.6 Å². The highest BCUT2D eigenvalue weighted by molar-refractivity contribution is 5.84. The molecule has 2 fully saturated rings. The van der Waals surface area contributed by atoms with Crippen LogP contribution in [0.15, 0.2) is 12.2 Å². The molecule has 0 bridgehead atoms. The van der Waals surface area contributed by atoms with Gasteiger partial charge in [-0.25, -0.2) is 9.59 Å². The smallest absolute Gasteiger partial charge is 0.407 e. The maximum absolute atomic E-state index is 12.4. The summed E-state index contributed by atoms with van der Waals surface area (Å²) in [5.74, 6) is -2.53. The molecule has 2 N–H and O–H groups in total. The first kappa shape index (κ1) is 18.0. The third-order valence-corrected chi connectivity index (χ3v) is 4.31. The summed E-state index contributed by atoms with van der Waals surface area (Å²) < 4.78 is 20.2. The Balaban J connectivity index is 1.49. The third-order valence-electron chi connectivity index (χ3n) is 4.31. The second-order valence-electron chi connectivity index (χ2n) is 6.21. The number of amides is 2. The lowest BCUT2D eigenvalue weighted by Gasteiger charge is -2.25. The van der Waals surface area contributed by atoms with Crippen LogP contribution in [0.5, 0.6) is 0 Å². The molecular formula is C16H20N2O8. The molecule has 2 amide bonds. The van der Waals surface area contributed by atoms with Crippen molar-refractivity contribution in [3.63, 3.8) is 0 Å². The molecule has 142 valence electrons. The second kappa shape index (κ2) is 8.07. The summed E-state index contributed by atoms with van der Waals surface area (Å²) >= 11 is 0. The number of alkyl carbamates (subject to hydrolysis) is 2. The number of allylic oxidation sites excluding steroid dienone is 1. The minimum Gasteiger partial charge on any atom is -0.461 e. The Morgan fingerprint density at radius 3 is 2.12 bits per heavy atom. The lowest BCUT2D eigenvalue weighted by molar-refractivity contribution is -0.161. The Bertz CT molecular complexity index is 619. The van der Waals surface area contributed by atoms with Crippen LogP contribution in [0.2, 0.25) is 0 Å². The van der Waals surface area contributed by atoms with E-state index in [-0.39, 0.29) is 26.3 Å². The molecule has 4 unspecified atom stereocenters. The zero-order valence-electron chi connectivity index (χ0n) is 14.0. The van der Waals surface area contributed by atoms with Crippen molar-refractivity contribution in [3.8, 4) is 0 Å². The molecule has 0 saturated carbocycles. The summed E-state index contributed by atoms with van der Waals surface area (Å²) in [5.41, 5.74) is 0. The van der Waals surface area contributed by atoms with Gasteiger partial charge in [-0.2, -0.15) is 0 Å². The zero-order chi connectivity index (χ0) is 18.5. The fourth-order valence-corrected chi connectivity index (χ4v) is 2.94. The normalized spacial score (nSPS) is 30.0. The van der Waals surface area contributed by atoms with Gasteiger partial charge >= 0.3 is 24.1 Å². The average Bonchev–Trinajstić information content (AvgIpc) is 3.25. The minimum absolute atomic E-state index is 0.0662. The Morgan fingerprint density at radius 2 is 1.58 bits per heavy atom. The van der Waals surface area contributed by atoms with Crippen molar-refractivity contribution in [2.45, 2.75) is 25.0 Å². The summed E-state index contributed by atoms with van der Waals surface area (Å²) in [7, 11) is 0. The molecule has 0 spiro atoms. The number of esters is 2. The van der Waals surface area contributed by atoms with E-state index in [2.05, 4.69) is 10.6 Å². The number of hydrogen-bond donors (Lipinski definition) is 2. The fourth-order valence-electron chi connectivity index (χ4n) is 2.94. The van der Waals surface area contributed by atoms with Gasteiger partial charge < -0.3 is 29.6 Å². The standard InChI is InChI=1S/C16H20N2O8/c19-13(23-7-9-5-17-15(21)25-9)11-3-1-2-4-12(11)14(20)24-8-10-6-18-16(22)26-10/h1,3,9-12H,2,4-8H2,(H,17,21)(H,18,22). The van der Waals surface area contributed by atoms with Gasteiger partial charge in [-0.05, 0) is 12.8 Å².